The monoisotopic (exact) mass is 545 g/mol. The maximum Gasteiger partial charge on any atom is 0.416 e. The number of carbonyl (C=O) groups excluding carboxylic acids is 1. The number of alkyl halides is 3. The fourth-order valence-electron chi connectivity index (χ4n) is 4.43. The van der Waals surface area contributed by atoms with Crippen molar-refractivity contribution in [1.29, 1.82) is 0 Å². The molecule has 2 heterocycles. The van der Waals surface area contributed by atoms with Crippen molar-refractivity contribution in [2.45, 2.75) is 52.3 Å². The average molecular weight is 546 g/mol. The molecule has 6 nitrogen and oxygen atoms in total. The lowest BCUT2D eigenvalue weighted by Gasteiger charge is -2.16. The number of primary amides is 1. The molecule has 0 saturated heterocycles. The Kier molecular flexibility index (Phi) is 8.61. The molecule has 0 aliphatic carbocycles. The summed E-state index contributed by atoms with van der Waals surface area (Å²) in [5.41, 5.74) is 6.23. The highest BCUT2D eigenvalue weighted by atomic mass is 32.1. The molecule has 10 heteroatoms. The van der Waals surface area contributed by atoms with E-state index in [2.05, 4.69) is 18.8 Å². The van der Waals surface area contributed by atoms with Crippen LogP contribution in [-0.2, 0) is 12.8 Å². The van der Waals surface area contributed by atoms with Crippen LogP contribution < -0.4 is 15.2 Å². The molecule has 0 atom stereocenters. The number of hydrogen-bond acceptors (Lipinski definition) is 5. The van der Waals surface area contributed by atoms with Gasteiger partial charge >= 0.3 is 6.18 Å². The number of halogens is 3. The number of ether oxygens (including phenoxy) is 2. The van der Waals surface area contributed by atoms with Gasteiger partial charge in [-0.3, -0.25) is 9.36 Å². The molecule has 0 saturated carbocycles. The number of carbonyl (C=O) groups is 1. The van der Waals surface area contributed by atoms with Crippen LogP contribution >= 0.6 is 11.3 Å². The van der Waals surface area contributed by atoms with Crippen LogP contribution in [0, 0.1) is 5.92 Å². The first-order valence-corrected chi connectivity index (χ1v) is 13.3. The lowest BCUT2D eigenvalue weighted by molar-refractivity contribution is -0.138. The van der Waals surface area contributed by atoms with Crippen LogP contribution in [0.1, 0.15) is 60.3 Å². The van der Waals surface area contributed by atoms with Gasteiger partial charge in [0.2, 0.25) is 0 Å². The Morgan fingerprint density at radius 2 is 1.82 bits per heavy atom. The topological polar surface area (TPSA) is 79.4 Å². The van der Waals surface area contributed by atoms with Gasteiger partial charge in [-0.1, -0.05) is 44.9 Å². The molecule has 38 heavy (non-hydrogen) atoms. The van der Waals surface area contributed by atoms with E-state index in [9.17, 15) is 18.0 Å². The number of benzene rings is 2. The van der Waals surface area contributed by atoms with Crippen LogP contribution in [-0.4, -0.2) is 22.1 Å². The lowest BCUT2D eigenvalue weighted by Crippen LogP contribution is -2.13. The fraction of sp³-hybridized carbons (Fsp3) is 0.357. The summed E-state index contributed by atoms with van der Waals surface area (Å²) in [7, 11) is 0. The lowest BCUT2D eigenvalue weighted by atomic mass is 9.99. The van der Waals surface area contributed by atoms with Gasteiger partial charge in [0, 0.05) is 17.7 Å². The SMILES string of the molecule is CCCC(CCC)COc1ccc2ncn(-c3cc(OCc4ccccc4C(F)(F)F)c(C(N)=O)s3)c2c1. The van der Waals surface area contributed by atoms with E-state index < -0.39 is 17.6 Å². The van der Waals surface area contributed by atoms with Crippen molar-refractivity contribution in [3.8, 4) is 16.5 Å². The number of fused-ring (bicyclic) bond motifs is 1. The van der Waals surface area contributed by atoms with Gasteiger partial charge in [-0.25, -0.2) is 4.98 Å². The molecule has 0 unspecified atom stereocenters. The van der Waals surface area contributed by atoms with Gasteiger partial charge in [0.1, 0.15) is 34.3 Å². The normalized spacial score (nSPS) is 11.8. The molecule has 0 bridgehead atoms. The molecule has 2 aromatic carbocycles. The molecular formula is C28H30F3N3O3S. The smallest absolute Gasteiger partial charge is 0.416 e. The zero-order valence-electron chi connectivity index (χ0n) is 21.3. The van der Waals surface area contributed by atoms with E-state index in [4.69, 9.17) is 15.2 Å². The second-order valence-electron chi connectivity index (χ2n) is 9.11. The van der Waals surface area contributed by atoms with Crippen LogP contribution in [0.25, 0.3) is 16.0 Å². The second-order valence-corrected chi connectivity index (χ2v) is 10.1. The van der Waals surface area contributed by atoms with Crippen LogP contribution in [0.5, 0.6) is 11.5 Å². The minimum Gasteiger partial charge on any atom is -0.493 e. The minimum atomic E-state index is -4.52. The van der Waals surface area contributed by atoms with Crippen LogP contribution in [0.15, 0.2) is 54.9 Å². The maximum atomic E-state index is 13.4. The van der Waals surface area contributed by atoms with Crippen LogP contribution in [0.3, 0.4) is 0 Å². The maximum absolute atomic E-state index is 13.4. The molecule has 1 amide bonds. The molecule has 0 spiro atoms. The third-order valence-corrected chi connectivity index (χ3v) is 7.38. The van der Waals surface area contributed by atoms with Gasteiger partial charge < -0.3 is 15.2 Å². The Morgan fingerprint density at radius 3 is 2.50 bits per heavy atom. The number of rotatable bonds is 12. The summed E-state index contributed by atoms with van der Waals surface area (Å²) in [5, 5.41) is 0.590. The standard InChI is InChI=1S/C28H30F3N3O3S/c1-3-7-18(8-4-2)15-36-20-11-12-22-23(13-20)34(17-33-22)25-14-24(26(38-25)27(32)35)37-16-19-9-5-6-10-21(19)28(29,30)31/h5-6,9-14,17-18H,3-4,7-8,15-16H2,1-2H3,(H2,32,35). The predicted octanol–water partition coefficient (Wildman–Crippen LogP) is 7.38. The first-order chi connectivity index (χ1) is 18.2. The van der Waals surface area contributed by atoms with Crippen molar-refractivity contribution in [2.24, 2.45) is 11.7 Å². The predicted molar refractivity (Wildman–Crippen MR) is 142 cm³/mol. The molecule has 0 radical (unpaired) electrons. The summed E-state index contributed by atoms with van der Waals surface area (Å²) in [5.74, 6) is 0.587. The van der Waals surface area contributed by atoms with Crippen molar-refractivity contribution in [3.05, 3.63) is 70.9 Å². The number of nitrogens with two attached hydrogens (primary N) is 1. The number of imidazole rings is 1. The van der Waals surface area contributed by atoms with Gasteiger partial charge in [-0.2, -0.15) is 13.2 Å². The minimum absolute atomic E-state index is 0.0394. The summed E-state index contributed by atoms with van der Waals surface area (Å²) in [6.07, 6.45) is 1.52. The van der Waals surface area contributed by atoms with Crippen molar-refractivity contribution in [3.63, 3.8) is 0 Å². The van der Waals surface area contributed by atoms with E-state index >= 15 is 0 Å². The van der Waals surface area contributed by atoms with E-state index in [0.717, 1.165) is 54.1 Å². The number of thiophene rings is 1. The zero-order valence-corrected chi connectivity index (χ0v) is 22.1. The van der Waals surface area contributed by atoms with E-state index in [1.165, 1.54) is 18.2 Å². The fourth-order valence-corrected chi connectivity index (χ4v) is 5.37. The second kappa shape index (κ2) is 11.9. The van der Waals surface area contributed by atoms with E-state index in [1.54, 1.807) is 17.0 Å². The van der Waals surface area contributed by atoms with Crippen LogP contribution in [0.2, 0.25) is 0 Å². The molecule has 2 aromatic heterocycles. The first kappa shape index (κ1) is 27.5. The third kappa shape index (κ3) is 6.30. The van der Waals surface area contributed by atoms with Crippen molar-refractivity contribution >= 4 is 28.3 Å². The molecule has 202 valence electrons. The van der Waals surface area contributed by atoms with E-state index in [0.29, 0.717) is 23.3 Å². The Hall–Kier alpha value is -3.53. The Morgan fingerprint density at radius 1 is 1.08 bits per heavy atom. The van der Waals surface area contributed by atoms with Crippen LogP contribution in [0.4, 0.5) is 13.2 Å². The number of amides is 1. The summed E-state index contributed by atoms with van der Waals surface area (Å²) >= 11 is 1.08. The number of hydrogen-bond donors (Lipinski definition) is 1. The van der Waals surface area contributed by atoms with Crippen molar-refractivity contribution in [1.82, 2.24) is 9.55 Å². The molecule has 2 N–H and O–H groups in total. The van der Waals surface area contributed by atoms with Gasteiger partial charge in [0.15, 0.2) is 0 Å². The Labute approximate surface area is 223 Å². The van der Waals surface area contributed by atoms with Gasteiger partial charge in [-0.05, 0) is 37.0 Å². The summed E-state index contributed by atoms with van der Waals surface area (Å²) in [6.45, 7) is 4.60. The van der Waals surface area contributed by atoms with E-state index in [1.807, 2.05) is 18.2 Å². The number of nitrogens with zero attached hydrogens (tertiary/aromatic N) is 2. The Balaban J connectivity index is 1.59. The summed E-state index contributed by atoms with van der Waals surface area (Å²) in [4.78, 5) is 16.7. The molecule has 4 aromatic rings. The van der Waals surface area contributed by atoms with Crippen molar-refractivity contribution < 1.29 is 27.4 Å². The highest BCUT2D eigenvalue weighted by Crippen LogP contribution is 2.36. The van der Waals surface area contributed by atoms with Gasteiger partial charge in [0.05, 0.1) is 23.2 Å². The van der Waals surface area contributed by atoms with Gasteiger partial charge in [-0.15, -0.1) is 11.3 Å². The highest BCUT2D eigenvalue weighted by Gasteiger charge is 2.33. The summed E-state index contributed by atoms with van der Waals surface area (Å²) < 4.78 is 53.7. The summed E-state index contributed by atoms with van der Waals surface area (Å²) in [6, 6.07) is 12.4. The quantitative estimate of drug-likeness (QED) is 0.201. The molecule has 0 aliphatic rings. The molecule has 4 rings (SSSR count). The Bertz CT molecular complexity index is 1390. The number of aromatic nitrogens is 2. The van der Waals surface area contributed by atoms with Gasteiger partial charge in [0.25, 0.3) is 5.91 Å². The molecular weight excluding hydrogens is 515 g/mol. The van der Waals surface area contributed by atoms with Crippen molar-refractivity contribution in [2.75, 3.05) is 6.61 Å². The zero-order chi connectivity index (χ0) is 27.3. The largest absolute Gasteiger partial charge is 0.493 e. The molecule has 0 aliphatic heterocycles. The van der Waals surface area contributed by atoms with E-state index in [-0.39, 0.29) is 22.8 Å². The first-order valence-electron chi connectivity index (χ1n) is 12.5. The molecule has 0 fully saturated rings. The third-order valence-electron chi connectivity index (χ3n) is 6.25. The average Bonchev–Trinajstić information content (AvgIpc) is 3.50. The highest BCUT2D eigenvalue weighted by molar-refractivity contribution is 7.16.